The maximum atomic E-state index is 10.2. The van der Waals surface area contributed by atoms with Crippen LogP contribution in [0.5, 0.6) is 5.75 Å². The predicted octanol–water partition coefficient (Wildman–Crippen LogP) is 4.86. The fraction of sp³-hybridized carbons (Fsp3) is 0.700. The van der Waals surface area contributed by atoms with E-state index < -0.39 is 33.7 Å². The maximum absolute atomic E-state index is 10.2. The van der Waals surface area contributed by atoms with E-state index in [1.54, 1.807) is 6.61 Å². The van der Waals surface area contributed by atoms with Gasteiger partial charge in [-0.15, -0.1) is 0 Å². The number of rotatable bonds is 23. The first-order chi connectivity index (χ1) is 18.6. The van der Waals surface area contributed by atoms with Crippen molar-refractivity contribution in [2.45, 2.75) is 135 Å². The van der Waals surface area contributed by atoms with E-state index in [0.717, 1.165) is 12.2 Å². The molecule has 226 valence electrons. The number of unbranched alkanes of at least 4 members (excludes halogenated alkanes) is 15. The zero-order chi connectivity index (χ0) is 29.4. The van der Waals surface area contributed by atoms with Crippen LogP contribution in [-0.4, -0.2) is 40.4 Å². The molecule has 0 amide bonds. The maximum Gasteiger partial charge on any atom is 1.00 e. The van der Waals surface area contributed by atoms with Crippen molar-refractivity contribution >= 4 is 22.1 Å². The summed E-state index contributed by atoms with van der Waals surface area (Å²) in [6.07, 6.45) is 22.8. The Hall–Kier alpha value is -1.13. The Morgan fingerprint density at radius 2 is 1.23 bits per heavy atom. The molecule has 0 fully saturated rings. The summed E-state index contributed by atoms with van der Waals surface area (Å²) < 4.78 is 34.3. The molecule has 0 saturated carbocycles. The molecule has 0 aliphatic carbocycles. The van der Waals surface area contributed by atoms with Gasteiger partial charge in [0.25, 0.3) is 10.1 Å². The fourth-order valence-electron chi connectivity index (χ4n) is 4.29. The average Bonchev–Trinajstić information content (AvgIpc) is 2.87. The van der Waals surface area contributed by atoms with Crippen molar-refractivity contribution in [1.82, 2.24) is 0 Å². The Morgan fingerprint density at radius 3 is 1.57 bits per heavy atom. The van der Waals surface area contributed by atoms with E-state index in [-0.39, 0.29) is 29.6 Å². The molecule has 0 spiro atoms. The fourth-order valence-corrected chi connectivity index (χ4v) is 4.90. The second-order valence-corrected chi connectivity index (χ2v) is 11.6. The van der Waals surface area contributed by atoms with Crippen LogP contribution in [0.1, 0.15) is 129 Å². The normalized spacial score (nSPS) is 11.6. The summed E-state index contributed by atoms with van der Waals surface area (Å²) in [5.74, 6) is -2.47. The van der Waals surface area contributed by atoms with Crippen LogP contribution in [0.4, 0.5) is 0 Å². The first-order valence-corrected chi connectivity index (χ1v) is 16.1. The number of para-hydroxylation sites is 1. The minimum absolute atomic E-state index is 0. The third-order valence-corrected chi connectivity index (χ3v) is 7.60. The summed E-state index contributed by atoms with van der Waals surface area (Å²) in [6, 6.07) is 8.44. The van der Waals surface area contributed by atoms with Gasteiger partial charge in [0.05, 0.1) is 12.2 Å². The van der Waals surface area contributed by atoms with Gasteiger partial charge in [0, 0.05) is 0 Å². The monoisotopic (exact) mass is 594 g/mol. The quantitative estimate of drug-likeness (QED) is 0.0707. The van der Waals surface area contributed by atoms with Gasteiger partial charge >= 0.3 is 41.5 Å². The molecule has 0 aliphatic heterocycles. The van der Waals surface area contributed by atoms with Crippen LogP contribution in [-0.2, 0) is 26.1 Å². The number of hydrogen-bond acceptors (Lipinski definition) is 5. The molecule has 1 rings (SSSR count). The molecule has 3 N–H and O–H groups in total. The van der Waals surface area contributed by atoms with E-state index >= 15 is 0 Å². The minimum Gasteiger partial charge on any atom is -0.662 e. The Labute approximate surface area is 264 Å². The van der Waals surface area contributed by atoms with Gasteiger partial charge in [-0.1, -0.05) is 121 Å². The van der Waals surface area contributed by atoms with Gasteiger partial charge < -0.3 is 14.9 Å². The Morgan fingerprint density at radius 1 is 0.800 bits per heavy atom. The van der Waals surface area contributed by atoms with E-state index in [4.69, 9.17) is 19.5 Å². The van der Waals surface area contributed by atoms with Gasteiger partial charge in [0.1, 0.15) is 0 Å². The molecule has 40 heavy (non-hydrogen) atoms. The molecule has 10 heteroatoms. The average molecular weight is 595 g/mol. The molecule has 1 atom stereocenters. The van der Waals surface area contributed by atoms with Crippen molar-refractivity contribution < 1.29 is 67.1 Å². The Kier molecular flexibility index (Phi) is 27.4. The second kappa shape index (κ2) is 26.7. The molecule has 0 heterocycles. The van der Waals surface area contributed by atoms with E-state index in [9.17, 15) is 18.0 Å². The molecule has 0 aliphatic rings. The van der Waals surface area contributed by atoms with E-state index in [0.29, 0.717) is 0 Å². The number of ether oxygens (including phenoxy) is 1. The van der Waals surface area contributed by atoms with Crippen molar-refractivity contribution in [2.75, 3.05) is 0 Å². The SMILES string of the molecule is C[CH-]Oc1ccccc1CCCCCCCCCCCCCCCCCC.O=C(O)CC(C(=O)O)S(=O)(=O)O.[Na+]. The minimum atomic E-state index is -4.84. The number of hydrogen-bond donors (Lipinski definition) is 3. The van der Waals surface area contributed by atoms with Gasteiger partial charge in [-0.05, 0) is 24.5 Å². The number of carboxylic acids is 2. The van der Waals surface area contributed by atoms with Crippen molar-refractivity contribution in [3.05, 3.63) is 36.4 Å². The molecule has 8 nitrogen and oxygen atoms in total. The topological polar surface area (TPSA) is 138 Å². The first kappa shape index (κ1) is 41.0. The van der Waals surface area contributed by atoms with Gasteiger partial charge in [-0.25, -0.2) is 0 Å². The Balaban J connectivity index is 0. The molecule has 0 radical (unpaired) electrons. The van der Waals surface area contributed by atoms with Crippen molar-refractivity contribution in [3.8, 4) is 5.75 Å². The van der Waals surface area contributed by atoms with Crippen LogP contribution in [0, 0.1) is 6.61 Å². The van der Waals surface area contributed by atoms with Crippen LogP contribution >= 0.6 is 0 Å². The van der Waals surface area contributed by atoms with Crippen molar-refractivity contribution in [3.63, 3.8) is 0 Å². The Bertz CT molecular complexity index is 876. The largest absolute Gasteiger partial charge is 1.00 e. The van der Waals surface area contributed by atoms with E-state index in [1.165, 1.54) is 108 Å². The molecule has 0 bridgehead atoms. The molecular weight excluding hydrogens is 543 g/mol. The van der Waals surface area contributed by atoms with Gasteiger partial charge in [0.2, 0.25) is 0 Å². The first-order valence-electron chi connectivity index (χ1n) is 14.6. The summed E-state index contributed by atoms with van der Waals surface area (Å²) in [5, 5.41) is 13.9. The number of carboxylic acid groups (broad SMARTS) is 2. The van der Waals surface area contributed by atoms with Crippen molar-refractivity contribution in [2.24, 2.45) is 0 Å². The number of benzene rings is 1. The second-order valence-electron chi connectivity index (χ2n) is 9.95. The zero-order valence-electron chi connectivity index (χ0n) is 25.0. The molecule has 0 aromatic heterocycles. The predicted molar refractivity (Wildman–Crippen MR) is 156 cm³/mol. The summed E-state index contributed by atoms with van der Waals surface area (Å²) in [7, 11) is -4.84. The van der Waals surface area contributed by atoms with Gasteiger partial charge in [-0.2, -0.15) is 21.9 Å². The van der Waals surface area contributed by atoms with Crippen LogP contribution in [0.15, 0.2) is 24.3 Å². The van der Waals surface area contributed by atoms with Gasteiger partial charge in [0.15, 0.2) is 5.25 Å². The van der Waals surface area contributed by atoms with E-state index in [2.05, 4.69) is 31.2 Å². The van der Waals surface area contributed by atoms with Gasteiger partial charge in [-0.3, -0.25) is 14.1 Å². The zero-order valence-corrected chi connectivity index (χ0v) is 27.8. The smallest absolute Gasteiger partial charge is 0.662 e. The molecule has 1 aromatic rings. The summed E-state index contributed by atoms with van der Waals surface area (Å²) >= 11 is 0. The van der Waals surface area contributed by atoms with E-state index in [1.807, 2.05) is 6.92 Å². The molecule has 1 unspecified atom stereocenters. The summed E-state index contributed by atoms with van der Waals surface area (Å²) in [4.78, 5) is 20.0. The number of carbonyl (C=O) groups is 2. The van der Waals surface area contributed by atoms with Crippen LogP contribution in [0.3, 0.4) is 0 Å². The molecule has 0 saturated heterocycles. The summed E-state index contributed by atoms with van der Waals surface area (Å²) in [5.41, 5.74) is 1.35. The van der Waals surface area contributed by atoms with Crippen LogP contribution < -0.4 is 34.3 Å². The third kappa shape index (κ3) is 23.6. The molecule has 1 aromatic carbocycles. The number of aryl methyl sites for hydroxylation is 1. The standard InChI is InChI=1S/C26H45O.C4H6O7S.Na/c1-3-5-6-7-8-9-10-11-12-13-14-15-16-17-18-19-22-25-23-20-21-24-26(25)27-4-2;5-3(6)1-2(4(7)8)12(9,10)11;/h4,20-21,23-24H,3,5-19,22H2,1-2H3;2H,1H2,(H,5,6)(H,7,8)(H,9,10,11);/q-1;;+1. The van der Waals surface area contributed by atoms with Crippen molar-refractivity contribution in [1.29, 1.82) is 0 Å². The summed E-state index contributed by atoms with van der Waals surface area (Å²) in [6.45, 7) is 6.00. The molecular formula is C30H51NaO8S. The van der Waals surface area contributed by atoms with Crippen LogP contribution in [0.25, 0.3) is 0 Å². The van der Waals surface area contributed by atoms with Crippen LogP contribution in [0.2, 0.25) is 0 Å². The third-order valence-electron chi connectivity index (χ3n) is 6.51. The number of aliphatic carboxylic acids is 2.